The molecule has 1 saturated carbocycles. The number of carbonyl (C=O) groups is 1. The monoisotopic (exact) mass is 459 g/mol. The van der Waals surface area contributed by atoms with Gasteiger partial charge in [0.2, 0.25) is 10.0 Å². The maximum absolute atomic E-state index is 13.2. The standard InChI is InChI=1S/C25H33NO5S/c1-3-4-6-11-19-16-21(27)22(18-12-9-10-17(2)15-18)24(28)23(19)25(29)26-32(30,31)20-13-7-5-8-14-20/h9-10,12,15-16,20,27-28H,3-8,11,13-14H2,1-2H3,(H,26,29). The average molecular weight is 460 g/mol. The van der Waals surface area contributed by atoms with Crippen LogP contribution in [0, 0.1) is 6.92 Å². The lowest BCUT2D eigenvalue weighted by Gasteiger charge is -2.23. The number of nitrogens with one attached hydrogen (secondary N) is 1. The van der Waals surface area contributed by atoms with E-state index in [0.717, 1.165) is 44.1 Å². The van der Waals surface area contributed by atoms with Crippen LogP contribution in [0.25, 0.3) is 11.1 Å². The fourth-order valence-electron chi connectivity index (χ4n) is 4.45. The van der Waals surface area contributed by atoms with E-state index in [-0.39, 0.29) is 16.9 Å². The summed E-state index contributed by atoms with van der Waals surface area (Å²) in [7, 11) is -3.86. The molecule has 1 aliphatic rings. The van der Waals surface area contributed by atoms with Gasteiger partial charge in [-0.1, -0.05) is 68.9 Å². The highest BCUT2D eigenvalue weighted by molar-refractivity contribution is 7.90. The number of unbranched alkanes of at least 4 members (excludes halogenated alkanes) is 2. The summed E-state index contributed by atoms with van der Waals surface area (Å²) >= 11 is 0. The second-order valence-electron chi connectivity index (χ2n) is 8.72. The van der Waals surface area contributed by atoms with Crippen LogP contribution < -0.4 is 4.72 Å². The topological polar surface area (TPSA) is 104 Å². The Hall–Kier alpha value is -2.54. The fraction of sp³-hybridized carbons (Fsp3) is 0.480. The predicted molar refractivity (Wildman–Crippen MR) is 126 cm³/mol. The Labute approximate surface area is 190 Å². The van der Waals surface area contributed by atoms with Gasteiger partial charge in [0, 0.05) is 0 Å². The zero-order valence-electron chi connectivity index (χ0n) is 18.9. The molecule has 0 radical (unpaired) electrons. The molecule has 0 saturated heterocycles. The zero-order chi connectivity index (χ0) is 23.3. The van der Waals surface area contributed by atoms with Crippen LogP contribution >= 0.6 is 0 Å². The number of phenols is 2. The Morgan fingerprint density at radius 2 is 1.81 bits per heavy atom. The van der Waals surface area contributed by atoms with E-state index in [0.29, 0.717) is 30.4 Å². The van der Waals surface area contributed by atoms with Gasteiger partial charge in [-0.3, -0.25) is 4.79 Å². The van der Waals surface area contributed by atoms with Gasteiger partial charge in [0.25, 0.3) is 5.91 Å². The van der Waals surface area contributed by atoms with Crippen molar-refractivity contribution in [2.24, 2.45) is 0 Å². The maximum atomic E-state index is 13.2. The number of sulfonamides is 1. The Morgan fingerprint density at radius 1 is 1.09 bits per heavy atom. The first-order valence-electron chi connectivity index (χ1n) is 11.5. The van der Waals surface area contributed by atoms with Crippen LogP contribution in [-0.2, 0) is 16.4 Å². The smallest absolute Gasteiger partial charge is 0.268 e. The number of benzene rings is 2. The summed E-state index contributed by atoms with van der Waals surface area (Å²) in [6, 6.07) is 8.70. The summed E-state index contributed by atoms with van der Waals surface area (Å²) in [5.74, 6) is -1.36. The molecule has 2 aromatic rings. The molecule has 7 heteroatoms. The Kier molecular flexibility index (Phi) is 7.82. The number of rotatable bonds is 8. The van der Waals surface area contributed by atoms with Gasteiger partial charge in [-0.05, 0) is 49.8 Å². The quantitative estimate of drug-likeness (QED) is 0.471. The molecule has 3 N–H and O–H groups in total. The minimum absolute atomic E-state index is 0.0743. The summed E-state index contributed by atoms with van der Waals surface area (Å²) in [5.41, 5.74) is 1.99. The number of hydrogen-bond donors (Lipinski definition) is 3. The Balaban J connectivity index is 2.04. The molecule has 6 nitrogen and oxygen atoms in total. The van der Waals surface area contributed by atoms with E-state index in [1.54, 1.807) is 18.2 Å². The van der Waals surface area contributed by atoms with Crippen molar-refractivity contribution in [2.45, 2.75) is 76.9 Å². The molecule has 0 spiro atoms. The van der Waals surface area contributed by atoms with Crippen molar-refractivity contribution in [3.63, 3.8) is 0 Å². The van der Waals surface area contributed by atoms with Gasteiger partial charge >= 0.3 is 0 Å². The molecule has 0 aliphatic heterocycles. The number of amides is 1. The van der Waals surface area contributed by atoms with Crippen molar-refractivity contribution < 1.29 is 23.4 Å². The number of hydrogen-bond acceptors (Lipinski definition) is 5. The minimum atomic E-state index is -3.86. The van der Waals surface area contributed by atoms with Crippen LogP contribution in [0.3, 0.4) is 0 Å². The first-order chi connectivity index (χ1) is 15.2. The molecule has 3 rings (SSSR count). The number of phenolic OH excluding ortho intramolecular Hbond substituents is 2. The third-order valence-corrected chi connectivity index (χ3v) is 7.99. The molecule has 32 heavy (non-hydrogen) atoms. The highest BCUT2D eigenvalue weighted by Gasteiger charge is 2.31. The summed E-state index contributed by atoms with van der Waals surface area (Å²) in [6.07, 6.45) is 6.81. The average Bonchev–Trinajstić information content (AvgIpc) is 2.74. The molecule has 0 aromatic heterocycles. The van der Waals surface area contributed by atoms with Gasteiger partial charge < -0.3 is 10.2 Å². The van der Waals surface area contributed by atoms with Crippen LogP contribution in [0.4, 0.5) is 0 Å². The van der Waals surface area contributed by atoms with Crippen molar-refractivity contribution in [3.05, 3.63) is 47.0 Å². The molecular formula is C25H33NO5S. The second-order valence-corrected chi connectivity index (χ2v) is 10.7. The van der Waals surface area contributed by atoms with E-state index < -0.39 is 26.9 Å². The maximum Gasteiger partial charge on any atom is 0.268 e. The van der Waals surface area contributed by atoms with Crippen LogP contribution in [0.15, 0.2) is 30.3 Å². The summed E-state index contributed by atoms with van der Waals surface area (Å²) in [4.78, 5) is 13.2. The van der Waals surface area contributed by atoms with E-state index in [1.807, 2.05) is 13.0 Å². The van der Waals surface area contributed by atoms with Crippen molar-refractivity contribution in [1.29, 1.82) is 0 Å². The molecule has 0 atom stereocenters. The van der Waals surface area contributed by atoms with Crippen molar-refractivity contribution in [2.75, 3.05) is 0 Å². The van der Waals surface area contributed by atoms with Crippen LogP contribution in [0.2, 0.25) is 0 Å². The van der Waals surface area contributed by atoms with Gasteiger partial charge in [-0.25, -0.2) is 13.1 Å². The van der Waals surface area contributed by atoms with Gasteiger partial charge in [0.15, 0.2) is 0 Å². The molecule has 0 heterocycles. The molecule has 0 bridgehead atoms. The zero-order valence-corrected chi connectivity index (χ0v) is 19.7. The second kappa shape index (κ2) is 10.4. The van der Waals surface area contributed by atoms with E-state index >= 15 is 0 Å². The third-order valence-electron chi connectivity index (χ3n) is 6.17. The molecular weight excluding hydrogens is 426 g/mol. The molecule has 1 aliphatic carbocycles. The molecule has 1 fully saturated rings. The number of aryl methyl sites for hydroxylation is 2. The van der Waals surface area contributed by atoms with Gasteiger partial charge in [0.1, 0.15) is 11.5 Å². The lowest BCUT2D eigenvalue weighted by atomic mass is 9.92. The normalized spacial score (nSPS) is 14.9. The fourth-order valence-corrected chi connectivity index (χ4v) is 5.93. The van der Waals surface area contributed by atoms with Crippen LogP contribution in [0.5, 0.6) is 11.5 Å². The minimum Gasteiger partial charge on any atom is -0.507 e. The van der Waals surface area contributed by atoms with Crippen molar-refractivity contribution >= 4 is 15.9 Å². The molecule has 174 valence electrons. The first kappa shape index (κ1) is 24.1. The number of aromatic hydroxyl groups is 2. The van der Waals surface area contributed by atoms with E-state index in [2.05, 4.69) is 11.6 Å². The Bertz CT molecular complexity index is 1070. The largest absolute Gasteiger partial charge is 0.507 e. The lowest BCUT2D eigenvalue weighted by Crippen LogP contribution is -2.39. The van der Waals surface area contributed by atoms with E-state index in [4.69, 9.17) is 0 Å². The number of carbonyl (C=O) groups excluding carboxylic acids is 1. The van der Waals surface area contributed by atoms with Gasteiger partial charge in [-0.2, -0.15) is 0 Å². The van der Waals surface area contributed by atoms with E-state index in [1.165, 1.54) is 6.07 Å². The summed E-state index contributed by atoms with van der Waals surface area (Å²) < 4.78 is 27.9. The highest BCUT2D eigenvalue weighted by Crippen LogP contribution is 2.42. The van der Waals surface area contributed by atoms with Crippen LogP contribution in [-0.4, -0.2) is 29.8 Å². The van der Waals surface area contributed by atoms with Crippen molar-refractivity contribution in [3.8, 4) is 22.6 Å². The van der Waals surface area contributed by atoms with Crippen molar-refractivity contribution in [1.82, 2.24) is 4.72 Å². The molecule has 0 unspecified atom stereocenters. The van der Waals surface area contributed by atoms with Crippen LogP contribution in [0.1, 0.15) is 79.8 Å². The predicted octanol–water partition coefficient (Wildman–Crippen LogP) is 5.20. The molecule has 2 aromatic carbocycles. The SMILES string of the molecule is CCCCCc1cc(O)c(-c2cccc(C)c2)c(O)c1C(=O)NS(=O)(=O)C1CCCCC1. The third kappa shape index (κ3) is 5.44. The lowest BCUT2D eigenvalue weighted by molar-refractivity contribution is 0.0977. The first-order valence-corrected chi connectivity index (χ1v) is 13.0. The van der Waals surface area contributed by atoms with Gasteiger partial charge in [-0.15, -0.1) is 0 Å². The Morgan fingerprint density at radius 3 is 2.47 bits per heavy atom. The van der Waals surface area contributed by atoms with E-state index in [9.17, 15) is 23.4 Å². The summed E-state index contributed by atoms with van der Waals surface area (Å²) in [5, 5.41) is 21.2. The highest BCUT2D eigenvalue weighted by atomic mass is 32.2. The van der Waals surface area contributed by atoms with Gasteiger partial charge in [0.05, 0.1) is 16.4 Å². The summed E-state index contributed by atoms with van der Waals surface area (Å²) in [6.45, 7) is 3.95. The molecule has 1 amide bonds.